The summed E-state index contributed by atoms with van der Waals surface area (Å²) in [5.74, 6) is 0.382. The SMILES string of the molecule is CC(O)C1CCCN(c2cncc(Br)c2)C1. The highest BCUT2D eigenvalue weighted by molar-refractivity contribution is 9.10. The van der Waals surface area contributed by atoms with Crippen molar-refractivity contribution < 1.29 is 5.11 Å². The van der Waals surface area contributed by atoms with Crippen molar-refractivity contribution in [3.8, 4) is 0 Å². The van der Waals surface area contributed by atoms with Gasteiger partial charge in [-0.2, -0.15) is 0 Å². The van der Waals surface area contributed by atoms with E-state index in [2.05, 4.69) is 31.9 Å². The molecule has 0 saturated carbocycles. The highest BCUT2D eigenvalue weighted by Gasteiger charge is 2.23. The highest BCUT2D eigenvalue weighted by Crippen LogP contribution is 2.26. The maximum absolute atomic E-state index is 9.64. The predicted octanol–water partition coefficient (Wildman–Crippen LogP) is 2.44. The molecule has 1 saturated heterocycles. The van der Waals surface area contributed by atoms with Crippen LogP contribution in [0.2, 0.25) is 0 Å². The van der Waals surface area contributed by atoms with Gasteiger partial charge in [-0.1, -0.05) is 0 Å². The molecule has 1 aliphatic heterocycles. The number of halogens is 1. The number of hydrogen-bond donors (Lipinski definition) is 1. The van der Waals surface area contributed by atoms with Crippen molar-refractivity contribution in [2.75, 3.05) is 18.0 Å². The standard InChI is InChI=1S/C12H17BrN2O/c1-9(16)10-3-2-4-15(8-10)12-5-11(13)6-14-7-12/h5-7,9-10,16H,2-4,8H2,1H3. The van der Waals surface area contributed by atoms with Crippen LogP contribution in [0.1, 0.15) is 19.8 Å². The van der Waals surface area contributed by atoms with E-state index in [9.17, 15) is 5.11 Å². The average molecular weight is 285 g/mol. The summed E-state index contributed by atoms with van der Waals surface area (Å²) in [6, 6.07) is 2.08. The Kier molecular flexibility index (Phi) is 3.82. The van der Waals surface area contributed by atoms with Gasteiger partial charge < -0.3 is 10.0 Å². The monoisotopic (exact) mass is 284 g/mol. The van der Waals surface area contributed by atoms with Crippen molar-refractivity contribution in [2.45, 2.75) is 25.9 Å². The van der Waals surface area contributed by atoms with Crippen molar-refractivity contribution >= 4 is 21.6 Å². The summed E-state index contributed by atoms with van der Waals surface area (Å²) >= 11 is 3.43. The molecular weight excluding hydrogens is 268 g/mol. The number of hydrogen-bond acceptors (Lipinski definition) is 3. The zero-order valence-electron chi connectivity index (χ0n) is 9.43. The first-order chi connectivity index (χ1) is 7.66. The van der Waals surface area contributed by atoms with Gasteiger partial charge in [-0.25, -0.2) is 0 Å². The van der Waals surface area contributed by atoms with Crippen LogP contribution in [-0.4, -0.2) is 29.3 Å². The number of rotatable bonds is 2. The molecule has 3 nitrogen and oxygen atoms in total. The maximum Gasteiger partial charge on any atom is 0.0564 e. The van der Waals surface area contributed by atoms with Crippen LogP contribution in [0.5, 0.6) is 0 Å². The Morgan fingerprint density at radius 3 is 3.06 bits per heavy atom. The van der Waals surface area contributed by atoms with Crippen LogP contribution in [0.15, 0.2) is 22.9 Å². The number of aromatic nitrogens is 1. The summed E-state index contributed by atoms with van der Waals surface area (Å²) in [4.78, 5) is 6.48. The van der Waals surface area contributed by atoms with Crippen molar-refractivity contribution in [3.05, 3.63) is 22.9 Å². The Bertz CT molecular complexity index is 357. The molecule has 1 aliphatic rings. The molecule has 16 heavy (non-hydrogen) atoms. The zero-order valence-corrected chi connectivity index (χ0v) is 11.0. The van der Waals surface area contributed by atoms with Gasteiger partial charge in [0.1, 0.15) is 0 Å². The predicted molar refractivity (Wildman–Crippen MR) is 68.6 cm³/mol. The van der Waals surface area contributed by atoms with E-state index in [1.54, 1.807) is 6.20 Å². The van der Waals surface area contributed by atoms with Crippen LogP contribution in [0.25, 0.3) is 0 Å². The summed E-state index contributed by atoms with van der Waals surface area (Å²) in [5, 5.41) is 9.64. The minimum absolute atomic E-state index is 0.220. The third-order valence-electron chi connectivity index (χ3n) is 3.20. The van der Waals surface area contributed by atoms with Gasteiger partial charge in [0.05, 0.1) is 18.0 Å². The quantitative estimate of drug-likeness (QED) is 0.906. The van der Waals surface area contributed by atoms with E-state index in [1.165, 1.54) is 0 Å². The zero-order chi connectivity index (χ0) is 11.5. The summed E-state index contributed by atoms with van der Waals surface area (Å²) in [6.07, 6.45) is 5.72. The Labute approximate surface area is 105 Å². The fraction of sp³-hybridized carbons (Fsp3) is 0.583. The molecule has 4 heteroatoms. The number of anilines is 1. The molecule has 1 fully saturated rings. The van der Waals surface area contributed by atoms with E-state index in [1.807, 2.05) is 13.1 Å². The fourth-order valence-electron chi connectivity index (χ4n) is 2.21. The summed E-state index contributed by atoms with van der Waals surface area (Å²) in [6.45, 7) is 3.87. The molecule has 0 spiro atoms. The first kappa shape index (κ1) is 11.9. The van der Waals surface area contributed by atoms with Crippen molar-refractivity contribution in [1.29, 1.82) is 0 Å². The van der Waals surface area contributed by atoms with Crippen LogP contribution >= 0.6 is 15.9 Å². The largest absolute Gasteiger partial charge is 0.393 e. The van der Waals surface area contributed by atoms with Crippen molar-refractivity contribution in [3.63, 3.8) is 0 Å². The van der Waals surface area contributed by atoms with Gasteiger partial charge in [-0.15, -0.1) is 0 Å². The van der Waals surface area contributed by atoms with Gasteiger partial charge in [0, 0.05) is 29.7 Å². The molecular formula is C12H17BrN2O. The van der Waals surface area contributed by atoms with Crippen LogP contribution in [0.3, 0.4) is 0 Å². The van der Waals surface area contributed by atoms with Gasteiger partial charge in [0.15, 0.2) is 0 Å². The normalized spacial score (nSPS) is 23.2. The molecule has 1 aromatic rings. The first-order valence-corrected chi connectivity index (χ1v) is 6.49. The number of nitrogens with zero attached hydrogens (tertiary/aromatic N) is 2. The number of aliphatic hydroxyl groups is 1. The molecule has 2 unspecified atom stereocenters. The van der Waals surface area contributed by atoms with E-state index in [-0.39, 0.29) is 6.10 Å². The van der Waals surface area contributed by atoms with Gasteiger partial charge in [-0.3, -0.25) is 4.98 Å². The summed E-state index contributed by atoms with van der Waals surface area (Å²) in [5.41, 5.74) is 1.14. The molecule has 1 aromatic heterocycles. The van der Waals surface area contributed by atoms with Gasteiger partial charge in [-0.05, 0) is 41.8 Å². The minimum Gasteiger partial charge on any atom is -0.393 e. The molecule has 1 N–H and O–H groups in total. The lowest BCUT2D eigenvalue weighted by molar-refractivity contribution is 0.115. The molecule has 2 heterocycles. The van der Waals surface area contributed by atoms with Crippen molar-refractivity contribution in [1.82, 2.24) is 4.98 Å². The first-order valence-electron chi connectivity index (χ1n) is 5.70. The second-order valence-corrected chi connectivity index (χ2v) is 5.37. The molecule has 0 bridgehead atoms. The Morgan fingerprint density at radius 1 is 1.56 bits per heavy atom. The van der Waals surface area contributed by atoms with Crippen LogP contribution in [0, 0.1) is 5.92 Å². The topological polar surface area (TPSA) is 36.4 Å². The molecule has 88 valence electrons. The lowest BCUT2D eigenvalue weighted by Gasteiger charge is -2.35. The van der Waals surface area contributed by atoms with E-state index in [4.69, 9.17) is 0 Å². The fourth-order valence-corrected chi connectivity index (χ4v) is 2.56. The Balaban J connectivity index is 2.09. The average Bonchev–Trinajstić information content (AvgIpc) is 2.29. The Hall–Kier alpha value is -0.610. The third-order valence-corrected chi connectivity index (χ3v) is 3.63. The van der Waals surface area contributed by atoms with Crippen LogP contribution in [0.4, 0.5) is 5.69 Å². The second-order valence-electron chi connectivity index (χ2n) is 4.45. The number of aliphatic hydroxyl groups excluding tert-OH is 1. The molecule has 0 radical (unpaired) electrons. The van der Waals surface area contributed by atoms with E-state index in [0.29, 0.717) is 5.92 Å². The molecule has 0 aromatic carbocycles. The Morgan fingerprint density at radius 2 is 2.38 bits per heavy atom. The van der Waals surface area contributed by atoms with Gasteiger partial charge >= 0.3 is 0 Å². The van der Waals surface area contributed by atoms with E-state index in [0.717, 1.165) is 36.1 Å². The molecule has 0 amide bonds. The smallest absolute Gasteiger partial charge is 0.0564 e. The van der Waals surface area contributed by atoms with Crippen LogP contribution in [-0.2, 0) is 0 Å². The highest BCUT2D eigenvalue weighted by atomic mass is 79.9. The molecule has 2 rings (SSSR count). The second kappa shape index (κ2) is 5.15. The van der Waals surface area contributed by atoms with E-state index < -0.39 is 0 Å². The van der Waals surface area contributed by atoms with Crippen molar-refractivity contribution in [2.24, 2.45) is 5.92 Å². The lowest BCUT2D eigenvalue weighted by atomic mass is 9.93. The number of pyridine rings is 1. The molecule has 2 atom stereocenters. The minimum atomic E-state index is -0.220. The summed E-state index contributed by atoms with van der Waals surface area (Å²) < 4.78 is 1.00. The number of piperidine rings is 1. The molecule has 0 aliphatic carbocycles. The van der Waals surface area contributed by atoms with E-state index >= 15 is 0 Å². The lowest BCUT2D eigenvalue weighted by Crippen LogP contribution is -2.39. The van der Waals surface area contributed by atoms with Crippen LogP contribution < -0.4 is 4.90 Å². The van der Waals surface area contributed by atoms with Gasteiger partial charge in [0.25, 0.3) is 0 Å². The summed E-state index contributed by atoms with van der Waals surface area (Å²) in [7, 11) is 0. The third kappa shape index (κ3) is 2.74. The van der Waals surface area contributed by atoms with Gasteiger partial charge in [0.2, 0.25) is 0 Å². The maximum atomic E-state index is 9.64.